The third-order valence-corrected chi connectivity index (χ3v) is 2.94. The Labute approximate surface area is 113 Å². The maximum absolute atomic E-state index is 12.4. The summed E-state index contributed by atoms with van der Waals surface area (Å²) in [6.45, 7) is -0.214. The first-order valence-corrected chi connectivity index (χ1v) is 6.19. The van der Waals surface area contributed by atoms with E-state index in [4.69, 9.17) is 5.11 Å². The first-order valence-electron chi connectivity index (χ1n) is 6.19. The van der Waals surface area contributed by atoms with E-state index in [1.807, 2.05) is 0 Å². The van der Waals surface area contributed by atoms with Crippen molar-refractivity contribution in [1.29, 1.82) is 0 Å². The molecule has 0 bridgehead atoms. The van der Waals surface area contributed by atoms with Gasteiger partial charge in [0.05, 0.1) is 6.10 Å². The molecule has 0 aromatic heterocycles. The van der Waals surface area contributed by atoms with E-state index in [1.165, 1.54) is 0 Å². The predicted octanol–water partition coefficient (Wildman–Crippen LogP) is 0.901. The minimum Gasteiger partial charge on any atom is -0.480 e. The Morgan fingerprint density at radius 3 is 2.45 bits per heavy atom. The molecule has 2 amide bonds. The number of hydrogen-bond acceptors (Lipinski definition) is 3. The average molecular weight is 298 g/mol. The normalized spacial score (nSPS) is 22.9. The van der Waals surface area contributed by atoms with Crippen molar-refractivity contribution < 1.29 is 33.0 Å². The SMILES string of the molecule is CCCN(CC(F)(F)F)C(=O)N1CC(O)C[C@H]1C(=O)O. The Morgan fingerprint density at radius 1 is 1.40 bits per heavy atom. The van der Waals surface area contributed by atoms with Crippen LogP contribution in [-0.2, 0) is 4.79 Å². The average Bonchev–Trinajstić information content (AvgIpc) is 2.68. The van der Waals surface area contributed by atoms with Gasteiger partial charge >= 0.3 is 18.2 Å². The van der Waals surface area contributed by atoms with Crippen molar-refractivity contribution in [3.8, 4) is 0 Å². The lowest BCUT2D eigenvalue weighted by Gasteiger charge is -2.30. The topological polar surface area (TPSA) is 81.1 Å². The number of halogens is 3. The van der Waals surface area contributed by atoms with Gasteiger partial charge in [-0.3, -0.25) is 0 Å². The maximum Gasteiger partial charge on any atom is 0.406 e. The predicted molar refractivity (Wildman–Crippen MR) is 62.1 cm³/mol. The standard InChI is InChI=1S/C11H17F3N2O4/c1-2-3-15(6-11(12,13)14)10(20)16-5-7(17)4-8(16)9(18)19/h7-8,17H,2-6H2,1H3,(H,18,19)/t7?,8-/m0/s1. The minimum absolute atomic E-state index is 0.128. The van der Waals surface area contributed by atoms with E-state index < -0.39 is 36.9 Å². The zero-order valence-electron chi connectivity index (χ0n) is 10.9. The Hall–Kier alpha value is -1.51. The molecule has 2 N–H and O–H groups in total. The molecule has 1 aliphatic heterocycles. The molecule has 1 unspecified atom stereocenters. The monoisotopic (exact) mass is 298 g/mol. The highest BCUT2D eigenvalue weighted by atomic mass is 19.4. The molecule has 1 heterocycles. The molecule has 1 fully saturated rings. The van der Waals surface area contributed by atoms with Crippen molar-refractivity contribution in [3.05, 3.63) is 0 Å². The summed E-state index contributed by atoms with van der Waals surface area (Å²) >= 11 is 0. The van der Waals surface area contributed by atoms with Gasteiger partial charge in [-0.2, -0.15) is 13.2 Å². The third kappa shape index (κ3) is 4.26. The number of aliphatic hydroxyl groups is 1. The van der Waals surface area contributed by atoms with Gasteiger partial charge in [0.1, 0.15) is 12.6 Å². The van der Waals surface area contributed by atoms with Crippen LogP contribution in [0.2, 0.25) is 0 Å². The lowest BCUT2D eigenvalue weighted by atomic mass is 10.2. The van der Waals surface area contributed by atoms with Gasteiger partial charge in [-0.1, -0.05) is 6.92 Å². The van der Waals surface area contributed by atoms with Crippen LogP contribution < -0.4 is 0 Å². The second-order valence-electron chi connectivity index (χ2n) is 4.72. The van der Waals surface area contributed by atoms with Crippen molar-refractivity contribution in [2.75, 3.05) is 19.6 Å². The summed E-state index contributed by atoms with van der Waals surface area (Å²) in [6, 6.07) is -2.29. The number of β-amino-alcohol motifs (C(OH)–C–C–N with tert-alkyl or cyclic N) is 1. The zero-order chi connectivity index (χ0) is 15.5. The summed E-state index contributed by atoms with van der Waals surface area (Å²) in [5, 5.41) is 18.4. The third-order valence-electron chi connectivity index (χ3n) is 2.94. The number of hydrogen-bond donors (Lipinski definition) is 2. The number of alkyl halides is 3. The number of carboxylic acid groups (broad SMARTS) is 1. The summed E-state index contributed by atoms with van der Waals surface area (Å²) in [6.07, 6.45) is -5.44. The van der Waals surface area contributed by atoms with Crippen molar-refractivity contribution in [3.63, 3.8) is 0 Å². The number of rotatable bonds is 4. The number of likely N-dealkylation sites (tertiary alicyclic amines) is 1. The second-order valence-corrected chi connectivity index (χ2v) is 4.72. The number of amides is 2. The lowest BCUT2D eigenvalue weighted by Crippen LogP contribution is -2.50. The second kappa shape index (κ2) is 6.29. The summed E-state index contributed by atoms with van der Waals surface area (Å²) in [7, 11) is 0. The fourth-order valence-corrected chi connectivity index (χ4v) is 2.17. The number of aliphatic hydroxyl groups excluding tert-OH is 1. The first-order chi connectivity index (χ1) is 9.15. The van der Waals surface area contributed by atoms with E-state index in [1.54, 1.807) is 6.92 Å². The van der Waals surface area contributed by atoms with Crippen molar-refractivity contribution in [2.45, 2.75) is 38.1 Å². The molecule has 9 heteroatoms. The molecular weight excluding hydrogens is 281 g/mol. The van der Waals surface area contributed by atoms with Gasteiger partial charge in [-0.05, 0) is 6.42 Å². The van der Waals surface area contributed by atoms with Gasteiger partial charge in [-0.25, -0.2) is 9.59 Å². The van der Waals surface area contributed by atoms with Crippen molar-refractivity contribution in [1.82, 2.24) is 9.80 Å². The number of carbonyl (C=O) groups is 2. The van der Waals surface area contributed by atoms with E-state index in [9.17, 15) is 27.9 Å². The van der Waals surface area contributed by atoms with Gasteiger partial charge in [-0.15, -0.1) is 0 Å². The number of aliphatic carboxylic acids is 1. The number of carboxylic acids is 1. The molecule has 1 saturated heterocycles. The fraction of sp³-hybridized carbons (Fsp3) is 0.818. The van der Waals surface area contributed by atoms with Crippen LogP contribution in [0.5, 0.6) is 0 Å². The van der Waals surface area contributed by atoms with Crippen LogP contribution in [0.3, 0.4) is 0 Å². The molecule has 0 radical (unpaired) electrons. The molecular formula is C11H17F3N2O4. The molecule has 20 heavy (non-hydrogen) atoms. The van der Waals surface area contributed by atoms with E-state index in [2.05, 4.69) is 0 Å². The van der Waals surface area contributed by atoms with Gasteiger partial charge in [0, 0.05) is 19.5 Å². The highest BCUT2D eigenvalue weighted by Crippen LogP contribution is 2.23. The Kier molecular flexibility index (Phi) is 5.21. The van der Waals surface area contributed by atoms with E-state index in [0.29, 0.717) is 11.3 Å². The summed E-state index contributed by atoms with van der Waals surface area (Å²) in [5.74, 6) is -1.33. The Balaban J connectivity index is 2.85. The van der Waals surface area contributed by atoms with Gasteiger partial charge in [0.15, 0.2) is 0 Å². The van der Waals surface area contributed by atoms with Crippen molar-refractivity contribution in [2.24, 2.45) is 0 Å². The van der Waals surface area contributed by atoms with Crippen LogP contribution in [0.25, 0.3) is 0 Å². The molecule has 116 valence electrons. The van der Waals surface area contributed by atoms with Crippen LogP contribution in [0.15, 0.2) is 0 Å². The first kappa shape index (κ1) is 16.5. The molecule has 1 aliphatic rings. The molecule has 6 nitrogen and oxygen atoms in total. The molecule has 1 rings (SSSR count). The summed E-state index contributed by atoms with van der Waals surface area (Å²) in [4.78, 5) is 24.4. The highest BCUT2D eigenvalue weighted by molar-refractivity contribution is 5.83. The fourth-order valence-electron chi connectivity index (χ4n) is 2.17. The van der Waals surface area contributed by atoms with Gasteiger partial charge in [0.2, 0.25) is 0 Å². The summed E-state index contributed by atoms with van der Waals surface area (Å²) < 4.78 is 37.3. The molecule has 0 aliphatic carbocycles. The number of nitrogens with zero attached hydrogens (tertiary/aromatic N) is 2. The zero-order valence-corrected chi connectivity index (χ0v) is 10.9. The molecule has 2 atom stereocenters. The quantitative estimate of drug-likeness (QED) is 0.808. The van der Waals surface area contributed by atoms with Gasteiger partial charge < -0.3 is 20.0 Å². The van der Waals surface area contributed by atoms with Crippen molar-refractivity contribution >= 4 is 12.0 Å². The van der Waals surface area contributed by atoms with Crippen LogP contribution in [0, 0.1) is 0 Å². The van der Waals surface area contributed by atoms with E-state index >= 15 is 0 Å². The maximum atomic E-state index is 12.4. The van der Waals surface area contributed by atoms with Crippen LogP contribution in [-0.4, -0.2) is 70.0 Å². The van der Waals surface area contributed by atoms with Gasteiger partial charge in [0.25, 0.3) is 0 Å². The van der Waals surface area contributed by atoms with E-state index in [0.717, 1.165) is 4.90 Å². The van der Waals surface area contributed by atoms with Crippen LogP contribution in [0.1, 0.15) is 19.8 Å². The largest absolute Gasteiger partial charge is 0.480 e. The molecule has 0 spiro atoms. The number of carbonyl (C=O) groups excluding carboxylic acids is 1. The highest BCUT2D eigenvalue weighted by Gasteiger charge is 2.42. The molecule has 0 saturated carbocycles. The minimum atomic E-state index is -4.55. The lowest BCUT2D eigenvalue weighted by molar-refractivity contribution is -0.144. The van der Waals surface area contributed by atoms with E-state index in [-0.39, 0.29) is 19.5 Å². The number of urea groups is 1. The molecule has 0 aromatic carbocycles. The van der Waals surface area contributed by atoms with Crippen LogP contribution >= 0.6 is 0 Å². The Morgan fingerprint density at radius 2 is 2.00 bits per heavy atom. The smallest absolute Gasteiger partial charge is 0.406 e. The Bertz CT molecular complexity index is 375. The molecule has 0 aromatic rings. The van der Waals surface area contributed by atoms with Crippen LogP contribution in [0.4, 0.5) is 18.0 Å². The summed E-state index contributed by atoms with van der Waals surface area (Å²) in [5.41, 5.74) is 0.